The molecule has 1 aromatic carbocycles. The van der Waals surface area contributed by atoms with Crippen LogP contribution in [0, 0.1) is 0 Å². The van der Waals surface area contributed by atoms with E-state index >= 15 is 0 Å². The molecule has 92 valence electrons. The van der Waals surface area contributed by atoms with E-state index in [-0.39, 0.29) is 4.90 Å². The molecule has 0 aromatic heterocycles. The average Bonchev–Trinajstić information content (AvgIpc) is 2.78. The van der Waals surface area contributed by atoms with Gasteiger partial charge in [0.15, 0.2) is 5.37 Å². The Morgan fingerprint density at radius 3 is 2.59 bits per heavy atom. The van der Waals surface area contributed by atoms with E-state index in [2.05, 4.69) is 10.5 Å². The molecule has 1 unspecified atom stereocenters. The summed E-state index contributed by atoms with van der Waals surface area (Å²) in [5.74, 6) is 0. The zero-order valence-electron chi connectivity index (χ0n) is 9.05. The van der Waals surface area contributed by atoms with Gasteiger partial charge < -0.3 is 0 Å². The van der Waals surface area contributed by atoms with E-state index < -0.39 is 15.2 Å². The summed E-state index contributed by atoms with van der Waals surface area (Å²) in [5, 5.41) is 4.61. The quantitative estimate of drug-likeness (QED) is 0.906. The summed E-state index contributed by atoms with van der Waals surface area (Å²) < 4.78 is 24.4. The number of hydrogen-bond acceptors (Lipinski definition) is 5. The molecule has 0 amide bonds. The second-order valence-electron chi connectivity index (χ2n) is 3.53. The highest BCUT2D eigenvalue weighted by molar-refractivity contribution is 8.13. The van der Waals surface area contributed by atoms with Gasteiger partial charge in [-0.3, -0.25) is 5.43 Å². The highest BCUT2D eigenvalue weighted by Gasteiger charge is 2.31. The number of halogens is 1. The predicted octanol–water partition coefficient (Wildman–Crippen LogP) is 2.11. The minimum absolute atomic E-state index is 0.261. The van der Waals surface area contributed by atoms with Crippen LogP contribution < -0.4 is 5.43 Å². The first-order valence-electron chi connectivity index (χ1n) is 4.89. The number of hydrazone groups is 1. The number of thioether (sulfide) groups is 1. The van der Waals surface area contributed by atoms with Gasteiger partial charge in [-0.1, -0.05) is 11.6 Å². The van der Waals surface area contributed by atoms with Crippen LogP contribution >= 0.6 is 23.4 Å². The maximum atomic E-state index is 12.2. The summed E-state index contributed by atoms with van der Waals surface area (Å²) in [6.45, 7) is 0. The van der Waals surface area contributed by atoms with Gasteiger partial charge in [0, 0.05) is 11.4 Å². The van der Waals surface area contributed by atoms with Crippen LogP contribution in [0.5, 0.6) is 0 Å². The lowest BCUT2D eigenvalue weighted by atomic mass is 10.4. The molecule has 1 heterocycles. The third-order valence-corrected chi connectivity index (χ3v) is 5.38. The van der Waals surface area contributed by atoms with Crippen LogP contribution in [-0.2, 0) is 9.84 Å². The molecule has 0 saturated carbocycles. The van der Waals surface area contributed by atoms with Gasteiger partial charge in [0.1, 0.15) is 0 Å². The molecule has 1 aliphatic heterocycles. The van der Waals surface area contributed by atoms with Crippen LogP contribution in [0.1, 0.15) is 6.42 Å². The van der Waals surface area contributed by atoms with Crippen LogP contribution in [0.25, 0.3) is 0 Å². The maximum Gasteiger partial charge on any atom is 0.201 e. The molecule has 2 rings (SSSR count). The summed E-state index contributed by atoms with van der Waals surface area (Å²) in [4.78, 5) is 0.261. The van der Waals surface area contributed by atoms with Crippen molar-refractivity contribution in [3.63, 3.8) is 0 Å². The summed E-state index contributed by atoms with van der Waals surface area (Å²) in [6.07, 6.45) is 2.28. The molecule has 1 aliphatic rings. The molecule has 4 nitrogen and oxygen atoms in total. The summed E-state index contributed by atoms with van der Waals surface area (Å²) in [6, 6.07) is 6.16. The molecule has 0 saturated heterocycles. The minimum atomic E-state index is -3.40. The Hall–Kier alpha value is -0.720. The van der Waals surface area contributed by atoms with E-state index in [1.54, 1.807) is 12.1 Å². The molecule has 1 atom stereocenters. The van der Waals surface area contributed by atoms with Gasteiger partial charge in [0.2, 0.25) is 9.84 Å². The second-order valence-corrected chi connectivity index (χ2v) is 6.98. The van der Waals surface area contributed by atoms with E-state index in [4.69, 9.17) is 11.6 Å². The van der Waals surface area contributed by atoms with Crippen LogP contribution in [-0.4, -0.2) is 25.1 Å². The fraction of sp³-hybridized carbons (Fsp3) is 0.300. The van der Waals surface area contributed by atoms with Crippen LogP contribution in [0.15, 0.2) is 34.3 Å². The lowest BCUT2D eigenvalue weighted by Gasteiger charge is -2.11. The Morgan fingerprint density at radius 2 is 2.06 bits per heavy atom. The number of nitrogens with one attached hydrogen (secondary N) is 1. The molecular weight excluding hydrogens is 280 g/mol. The Labute approximate surface area is 109 Å². The van der Waals surface area contributed by atoms with Gasteiger partial charge in [-0.25, -0.2) is 8.42 Å². The Morgan fingerprint density at radius 1 is 1.41 bits per heavy atom. The molecular formula is C10H11ClN2O2S2. The van der Waals surface area contributed by atoms with Crippen molar-refractivity contribution in [1.29, 1.82) is 0 Å². The first kappa shape index (κ1) is 12.7. The van der Waals surface area contributed by atoms with Gasteiger partial charge in [-0.05, 0) is 30.5 Å². The molecule has 17 heavy (non-hydrogen) atoms. The van der Waals surface area contributed by atoms with E-state index in [1.165, 1.54) is 23.9 Å². The summed E-state index contributed by atoms with van der Waals surface area (Å²) in [5.41, 5.74) is 2.66. The highest BCUT2D eigenvalue weighted by atomic mass is 35.5. The fourth-order valence-corrected chi connectivity index (χ4v) is 3.61. The minimum Gasteiger partial charge on any atom is -0.290 e. The standard InChI is InChI=1S/C10H11ClN2O2S2/c1-16-9-6-10(13-12-9)17(14,15)8-4-2-7(11)3-5-8/h2-5,10,13H,6H2,1H3. The normalized spacial score (nSPS) is 19.9. The van der Waals surface area contributed by atoms with Gasteiger partial charge in [0.25, 0.3) is 0 Å². The largest absolute Gasteiger partial charge is 0.290 e. The maximum absolute atomic E-state index is 12.2. The van der Waals surface area contributed by atoms with E-state index in [9.17, 15) is 8.42 Å². The molecule has 1 aromatic rings. The number of sulfone groups is 1. The Kier molecular flexibility index (Phi) is 3.65. The van der Waals surface area contributed by atoms with Crippen molar-refractivity contribution in [2.45, 2.75) is 16.7 Å². The SMILES string of the molecule is CSC1=NNC(S(=O)(=O)c2ccc(Cl)cc2)C1. The smallest absolute Gasteiger partial charge is 0.201 e. The molecule has 0 radical (unpaired) electrons. The Balaban J connectivity index is 2.24. The second kappa shape index (κ2) is 4.88. The van der Waals surface area contributed by atoms with Gasteiger partial charge in [-0.2, -0.15) is 5.10 Å². The van der Waals surface area contributed by atoms with Crippen molar-refractivity contribution in [3.8, 4) is 0 Å². The average molecular weight is 291 g/mol. The first-order valence-corrected chi connectivity index (χ1v) is 8.04. The van der Waals surface area contributed by atoms with E-state index in [0.717, 1.165) is 5.04 Å². The molecule has 0 spiro atoms. The first-order chi connectivity index (χ1) is 8.04. The van der Waals surface area contributed by atoms with E-state index in [1.807, 2.05) is 6.26 Å². The van der Waals surface area contributed by atoms with Crippen molar-refractivity contribution in [2.75, 3.05) is 6.26 Å². The van der Waals surface area contributed by atoms with Crippen molar-refractivity contribution in [2.24, 2.45) is 5.10 Å². The molecule has 7 heteroatoms. The van der Waals surface area contributed by atoms with Crippen molar-refractivity contribution < 1.29 is 8.42 Å². The Bertz CT molecular complexity index is 540. The lowest BCUT2D eigenvalue weighted by molar-refractivity contribution is 0.568. The van der Waals surface area contributed by atoms with Gasteiger partial charge >= 0.3 is 0 Å². The third-order valence-electron chi connectivity index (χ3n) is 2.45. The molecule has 0 aliphatic carbocycles. The van der Waals surface area contributed by atoms with Crippen molar-refractivity contribution in [3.05, 3.63) is 29.3 Å². The van der Waals surface area contributed by atoms with Crippen molar-refractivity contribution >= 4 is 38.2 Å². The van der Waals surface area contributed by atoms with Crippen LogP contribution in [0.3, 0.4) is 0 Å². The predicted molar refractivity (Wildman–Crippen MR) is 71.1 cm³/mol. The molecule has 0 fully saturated rings. The van der Waals surface area contributed by atoms with E-state index in [0.29, 0.717) is 11.4 Å². The summed E-state index contributed by atoms with van der Waals surface area (Å²) in [7, 11) is -3.40. The van der Waals surface area contributed by atoms with Crippen LogP contribution in [0.4, 0.5) is 0 Å². The highest BCUT2D eigenvalue weighted by Crippen LogP contribution is 2.23. The van der Waals surface area contributed by atoms with Gasteiger partial charge in [-0.15, -0.1) is 11.8 Å². The van der Waals surface area contributed by atoms with Crippen LogP contribution in [0.2, 0.25) is 5.02 Å². The molecule has 1 N–H and O–H groups in total. The zero-order chi connectivity index (χ0) is 12.5. The third kappa shape index (κ3) is 2.59. The fourth-order valence-electron chi connectivity index (χ4n) is 1.49. The van der Waals surface area contributed by atoms with Crippen molar-refractivity contribution in [1.82, 2.24) is 5.43 Å². The number of benzene rings is 1. The monoisotopic (exact) mass is 290 g/mol. The number of nitrogens with zero attached hydrogens (tertiary/aromatic N) is 1. The summed E-state index contributed by atoms with van der Waals surface area (Å²) >= 11 is 7.18. The zero-order valence-corrected chi connectivity index (χ0v) is 11.4. The number of hydrogen-bond donors (Lipinski definition) is 1. The topological polar surface area (TPSA) is 58.5 Å². The van der Waals surface area contributed by atoms with Gasteiger partial charge in [0.05, 0.1) is 9.94 Å². The molecule has 0 bridgehead atoms. The number of rotatable bonds is 2. The lowest BCUT2D eigenvalue weighted by Crippen LogP contribution is -2.29.